The maximum Gasteiger partial charge on any atom is 0.251 e. The van der Waals surface area contributed by atoms with Crippen molar-refractivity contribution in [2.75, 3.05) is 13.7 Å². The molecule has 0 atom stereocenters. The zero-order chi connectivity index (χ0) is 14.3. The Kier molecular flexibility index (Phi) is 6.13. The summed E-state index contributed by atoms with van der Waals surface area (Å²) in [6.07, 6.45) is 3.23. The predicted molar refractivity (Wildman–Crippen MR) is 78.5 cm³/mol. The van der Waals surface area contributed by atoms with Crippen LogP contribution in [0.25, 0.3) is 0 Å². The molecule has 0 heterocycles. The Morgan fingerprint density at radius 1 is 1.32 bits per heavy atom. The van der Waals surface area contributed by atoms with E-state index in [-0.39, 0.29) is 5.91 Å². The van der Waals surface area contributed by atoms with Crippen LogP contribution in [0.15, 0.2) is 35.9 Å². The highest BCUT2D eigenvalue weighted by molar-refractivity contribution is 5.94. The van der Waals surface area contributed by atoms with Crippen LogP contribution in [-0.2, 0) is 0 Å². The molecule has 1 aromatic rings. The number of carbonyl (C=O) groups is 1. The number of methoxy groups -OCH3 is 1. The number of carbonyl (C=O) groups excluding carboxylic acids is 1. The van der Waals surface area contributed by atoms with Crippen molar-refractivity contribution in [3.63, 3.8) is 0 Å². The van der Waals surface area contributed by atoms with Gasteiger partial charge in [-0.15, -0.1) is 0 Å². The molecule has 0 spiro atoms. The van der Waals surface area contributed by atoms with E-state index in [1.807, 2.05) is 6.92 Å². The van der Waals surface area contributed by atoms with Gasteiger partial charge in [0.15, 0.2) is 0 Å². The van der Waals surface area contributed by atoms with Crippen LogP contribution in [0.4, 0.5) is 0 Å². The van der Waals surface area contributed by atoms with E-state index >= 15 is 0 Å². The average Bonchev–Trinajstić information content (AvgIpc) is 2.42. The van der Waals surface area contributed by atoms with Gasteiger partial charge in [-0.25, -0.2) is 0 Å². The lowest BCUT2D eigenvalue weighted by Gasteiger charge is -2.07. The molecule has 1 rings (SSSR count). The molecule has 1 amide bonds. The standard InChI is InChI=1S/C16H23NO2/c1-12(2)5-6-13(3)11-17-16(18)14-7-9-15(19-4)10-8-14/h6-10,12H,5,11H2,1-4H3,(H,17,18)/b13-6+. The first kappa shape index (κ1) is 15.3. The molecule has 0 aliphatic rings. The van der Waals surface area contributed by atoms with Gasteiger partial charge in [0.05, 0.1) is 7.11 Å². The minimum atomic E-state index is -0.0556. The Morgan fingerprint density at radius 2 is 1.95 bits per heavy atom. The fraction of sp³-hybridized carbons (Fsp3) is 0.438. The summed E-state index contributed by atoms with van der Waals surface area (Å²) in [6, 6.07) is 7.11. The Morgan fingerprint density at radius 3 is 2.47 bits per heavy atom. The quantitative estimate of drug-likeness (QED) is 0.797. The SMILES string of the molecule is COc1ccc(C(=O)NC/C(C)=C/CC(C)C)cc1. The van der Waals surface area contributed by atoms with Crippen molar-refractivity contribution in [2.24, 2.45) is 5.92 Å². The molecule has 104 valence electrons. The normalized spacial score (nSPS) is 11.5. The summed E-state index contributed by atoms with van der Waals surface area (Å²) in [7, 11) is 1.61. The molecule has 0 fully saturated rings. The number of benzene rings is 1. The third-order valence-corrected chi connectivity index (χ3v) is 2.82. The van der Waals surface area contributed by atoms with E-state index in [2.05, 4.69) is 25.2 Å². The van der Waals surface area contributed by atoms with Gasteiger partial charge in [0.25, 0.3) is 5.91 Å². The summed E-state index contributed by atoms with van der Waals surface area (Å²) in [6.45, 7) is 6.99. The van der Waals surface area contributed by atoms with Crippen LogP contribution in [0.5, 0.6) is 5.75 Å². The monoisotopic (exact) mass is 261 g/mol. The van der Waals surface area contributed by atoms with Crippen LogP contribution in [-0.4, -0.2) is 19.6 Å². The molecule has 19 heavy (non-hydrogen) atoms. The number of allylic oxidation sites excluding steroid dienone is 1. The highest BCUT2D eigenvalue weighted by Gasteiger charge is 2.04. The Labute approximate surface area is 115 Å². The van der Waals surface area contributed by atoms with E-state index in [1.54, 1.807) is 31.4 Å². The van der Waals surface area contributed by atoms with Crippen LogP contribution in [0.2, 0.25) is 0 Å². The van der Waals surface area contributed by atoms with Crippen molar-refractivity contribution in [1.82, 2.24) is 5.32 Å². The van der Waals surface area contributed by atoms with Crippen LogP contribution < -0.4 is 10.1 Å². The van der Waals surface area contributed by atoms with E-state index in [4.69, 9.17) is 4.74 Å². The summed E-state index contributed by atoms with van der Waals surface area (Å²) in [5.41, 5.74) is 1.84. The molecule has 0 unspecified atom stereocenters. The van der Waals surface area contributed by atoms with Crippen molar-refractivity contribution >= 4 is 5.91 Å². The van der Waals surface area contributed by atoms with Crippen LogP contribution >= 0.6 is 0 Å². The number of hydrogen-bond acceptors (Lipinski definition) is 2. The lowest BCUT2D eigenvalue weighted by Crippen LogP contribution is -2.25. The topological polar surface area (TPSA) is 38.3 Å². The maximum absolute atomic E-state index is 11.9. The Hall–Kier alpha value is -1.77. The lowest BCUT2D eigenvalue weighted by atomic mass is 10.1. The summed E-state index contributed by atoms with van der Waals surface area (Å²) in [4.78, 5) is 11.9. The van der Waals surface area contributed by atoms with Crippen molar-refractivity contribution in [3.8, 4) is 5.75 Å². The molecular formula is C16H23NO2. The smallest absolute Gasteiger partial charge is 0.251 e. The number of ether oxygens (including phenoxy) is 1. The van der Waals surface area contributed by atoms with Gasteiger partial charge in [0, 0.05) is 12.1 Å². The van der Waals surface area contributed by atoms with Crippen molar-refractivity contribution < 1.29 is 9.53 Å². The fourth-order valence-electron chi connectivity index (χ4n) is 1.57. The third-order valence-electron chi connectivity index (χ3n) is 2.82. The van der Waals surface area contributed by atoms with Crippen molar-refractivity contribution in [1.29, 1.82) is 0 Å². The second-order valence-electron chi connectivity index (χ2n) is 5.09. The largest absolute Gasteiger partial charge is 0.497 e. The lowest BCUT2D eigenvalue weighted by molar-refractivity contribution is 0.0957. The summed E-state index contributed by atoms with van der Waals surface area (Å²) in [5, 5.41) is 2.91. The van der Waals surface area contributed by atoms with E-state index in [9.17, 15) is 4.79 Å². The zero-order valence-corrected chi connectivity index (χ0v) is 12.2. The van der Waals surface area contributed by atoms with Crippen LogP contribution in [0, 0.1) is 5.92 Å². The third kappa shape index (κ3) is 5.60. The number of nitrogens with one attached hydrogen (secondary N) is 1. The minimum absolute atomic E-state index is 0.0556. The molecule has 0 saturated carbocycles. The summed E-state index contributed by atoms with van der Waals surface area (Å²) in [5.74, 6) is 1.34. The van der Waals surface area contributed by atoms with Gasteiger partial charge in [-0.1, -0.05) is 25.5 Å². The molecule has 0 saturated heterocycles. The zero-order valence-electron chi connectivity index (χ0n) is 12.2. The highest BCUT2D eigenvalue weighted by Crippen LogP contribution is 2.11. The molecule has 0 aliphatic carbocycles. The van der Waals surface area contributed by atoms with Crippen LogP contribution in [0.1, 0.15) is 37.6 Å². The molecule has 1 N–H and O–H groups in total. The first-order valence-electron chi connectivity index (χ1n) is 6.60. The first-order chi connectivity index (χ1) is 9.02. The van der Waals surface area contributed by atoms with E-state index in [0.29, 0.717) is 18.0 Å². The summed E-state index contributed by atoms with van der Waals surface area (Å²) >= 11 is 0. The van der Waals surface area contributed by atoms with Gasteiger partial charge in [-0.2, -0.15) is 0 Å². The van der Waals surface area contributed by atoms with Gasteiger partial charge < -0.3 is 10.1 Å². The van der Waals surface area contributed by atoms with Gasteiger partial charge in [-0.05, 0) is 43.5 Å². The molecule has 1 aromatic carbocycles. The van der Waals surface area contributed by atoms with Gasteiger partial charge >= 0.3 is 0 Å². The average molecular weight is 261 g/mol. The van der Waals surface area contributed by atoms with Gasteiger partial charge in [-0.3, -0.25) is 4.79 Å². The van der Waals surface area contributed by atoms with Gasteiger partial charge in [0.1, 0.15) is 5.75 Å². The Balaban J connectivity index is 2.48. The van der Waals surface area contributed by atoms with Crippen molar-refractivity contribution in [2.45, 2.75) is 27.2 Å². The molecule has 3 nitrogen and oxygen atoms in total. The number of rotatable bonds is 6. The number of amides is 1. The second-order valence-corrected chi connectivity index (χ2v) is 5.09. The molecule has 3 heteroatoms. The Bertz CT molecular complexity index is 433. The molecular weight excluding hydrogens is 238 g/mol. The number of hydrogen-bond donors (Lipinski definition) is 1. The highest BCUT2D eigenvalue weighted by atomic mass is 16.5. The summed E-state index contributed by atoms with van der Waals surface area (Å²) < 4.78 is 5.06. The van der Waals surface area contributed by atoms with E-state index in [1.165, 1.54) is 5.57 Å². The van der Waals surface area contributed by atoms with Gasteiger partial charge in [0.2, 0.25) is 0 Å². The maximum atomic E-state index is 11.9. The first-order valence-corrected chi connectivity index (χ1v) is 6.60. The van der Waals surface area contributed by atoms with Crippen molar-refractivity contribution in [3.05, 3.63) is 41.5 Å². The second kappa shape index (κ2) is 7.62. The minimum Gasteiger partial charge on any atom is -0.497 e. The van der Waals surface area contributed by atoms with E-state index < -0.39 is 0 Å². The van der Waals surface area contributed by atoms with E-state index in [0.717, 1.165) is 12.2 Å². The molecule has 0 aliphatic heterocycles. The molecule has 0 aromatic heterocycles. The fourth-order valence-corrected chi connectivity index (χ4v) is 1.57. The molecule has 0 radical (unpaired) electrons. The predicted octanol–water partition coefficient (Wildman–Crippen LogP) is 3.42. The molecule has 0 bridgehead atoms. The van der Waals surface area contributed by atoms with Crippen LogP contribution in [0.3, 0.4) is 0 Å².